The van der Waals surface area contributed by atoms with Gasteiger partial charge in [0.15, 0.2) is 0 Å². The number of nitrogens with one attached hydrogen (secondary N) is 1. The van der Waals surface area contributed by atoms with Crippen molar-refractivity contribution in [1.82, 2.24) is 4.98 Å². The number of amides is 1. The third kappa shape index (κ3) is 4.62. The van der Waals surface area contributed by atoms with Gasteiger partial charge in [0.2, 0.25) is 0 Å². The van der Waals surface area contributed by atoms with Gasteiger partial charge in [0.25, 0.3) is 0 Å². The van der Waals surface area contributed by atoms with Crippen LogP contribution in [0.3, 0.4) is 0 Å². The highest BCUT2D eigenvalue weighted by Gasteiger charge is 2.07. The van der Waals surface area contributed by atoms with Crippen LogP contribution in [0.4, 0.5) is 10.6 Å². The van der Waals surface area contributed by atoms with Crippen LogP contribution in [-0.4, -0.2) is 24.3 Å². The largest absolute Gasteiger partial charge is 0.465 e. The van der Waals surface area contributed by atoms with Crippen molar-refractivity contribution in [3.8, 4) is 11.5 Å². The van der Waals surface area contributed by atoms with E-state index in [9.17, 15) is 4.79 Å². The van der Waals surface area contributed by atoms with Crippen molar-refractivity contribution in [2.75, 3.05) is 5.32 Å². The molecule has 0 saturated heterocycles. The molecule has 0 aromatic carbocycles. The third-order valence-electron chi connectivity index (χ3n) is 1.58. The van der Waals surface area contributed by atoms with E-state index in [1.54, 1.807) is 18.3 Å². The van der Waals surface area contributed by atoms with Crippen molar-refractivity contribution in [3.63, 3.8) is 0 Å². The fraction of sp³-hybridized carbons (Fsp3) is 0.273. The van der Waals surface area contributed by atoms with Crippen LogP contribution in [0.2, 0.25) is 19.6 Å². The molecule has 0 radical (unpaired) electrons. The predicted molar refractivity (Wildman–Crippen MR) is 66.1 cm³/mol. The van der Waals surface area contributed by atoms with E-state index in [0.717, 1.165) is 5.56 Å². The van der Waals surface area contributed by atoms with Gasteiger partial charge < -0.3 is 5.11 Å². The zero-order valence-corrected chi connectivity index (χ0v) is 10.5. The number of hydrogen-bond acceptors (Lipinski definition) is 2. The van der Waals surface area contributed by atoms with Gasteiger partial charge in [0.1, 0.15) is 13.9 Å². The van der Waals surface area contributed by atoms with Gasteiger partial charge in [-0.25, -0.2) is 9.78 Å². The standard InChI is InChI=1S/C11H14N2O2Si/c1-16(2,3)7-6-9-4-5-10(12-8-9)13-11(14)15/h4-5,8H,1-3H3,(H,12,13)(H,14,15). The number of carbonyl (C=O) groups is 1. The molecule has 84 valence electrons. The molecule has 0 aliphatic heterocycles. The van der Waals surface area contributed by atoms with Crippen molar-refractivity contribution in [2.24, 2.45) is 0 Å². The van der Waals surface area contributed by atoms with E-state index in [1.807, 2.05) is 0 Å². The first-order valence-corrected chi connectivity index (χ1v) is 8.36. The number of pyridine rings is 1. The molecule has 0 spiro atoms. The minimum atomic E-state index is -1.38. The molecule has 1 aromatic rings. The van der Waals surface area contributed by atoms with Gasteiger partial charge >= 0.3 is 6.09 Å². The first-order chi connectivity index (χ1) is 7.37. The van der Waals surface area contributed by atoms with Gasteiger partial charge in [0, 0.05) is 11.8 Å². The van der Waals surface area contributed by atoms with Gasteiger partial charge in [-0.05, 0) is 12.1 Å². The lowest BCUT2D eigenvalue weighted by atomic mass is 10.3. The first-order valence-electron chi connectivity index (χ1n) is 4.86. The second kappa shape index (κ2) is 4.81. The van der Waals surface area contributed by atoms with E-state index in [2.05, 4.69) is 41.4 Å². The van der Waals surface area contributed by atoms with Gasteiger partial charge in [0.05, 0.1) is 0 Å². The highest BCUT2D eigenvalue weighted by atomic mass is 28.3. The molecule has 16 heavy (non-hydrogen) atoms. The van der Waals surface area contributed by atoms with Crippen molar-refractivity contribution in [1.29, 1.82) is 0 Å². The van der Waals surface area contributed by atoms with Crippen LogP contribution in [0.15, 0.2) is 18.3 Å². The fourth-order valence-electron chi connectivity index (χ4n) is 0.911. The molecule has 0 saturated carbocycles. The van der Waals surface area contributed by atoms with Crippen molar-refractivity contribution in [3.05, 3.63) is 23.9 Å². The third-order valence-corrected chi connectivity index (χ3v) is 2.46. The predicted octanol–water partition coefficient (Wildman–Crippen LogP) is 2.40. The molecule has 0 atom stereocenters. The Bertz CT molecular complexity index is 438. The highest BCUT2D eigenvalue weighted by Crippen LogP contribution is 2.04. The summed E-state index contributed by atoms with van der Waals surface area (Å²) in [5.74, 6) is 3.35. The van der Waals surface area contributed by atoms with Crippen LogP contribution in [-0.2, 0) is 0 Å². The normalized spacial score (nSPS) is 10.2. The molecule has 1 rings (SSSR count). The topological polar surface area (TPSA) is 62.2 Å². The average Bonchev–Trinajstić information content (AvgIpc) is 2.14. The van der Waals surface area contributed by atoms with Gasteiger partial charge in [-0.3, -0.25) is 5.32 Å². The Morgan fingerprint density at radius 2 is 2.12 bits per heavy atom. The minimum absolute atomic E-state index is 0.311. The number of aromatic nitrogens is 1. The van der Waals surface area contributed by atoms with Crippen LogP contribution in [0.1, 0.15) is 5.56 Å². The summed E-state index contributed by atoms with van der Waals surface area (Å²) in [4.78, 5) is 14.3. The van der Waals surface area contributed by atoms with Crippen molar-refractivity contribution in [2.45, 2.75) is 19.6 Å². The highest BCUT2D eigenvalue weighted by molar-refractivity contribution is 6.83. The number of hydrogen-bond donors (Lipinski definition) is 2. The van der Waals surface area contributed by atoms with E-state index in [0.29, 0.717) is 5.82 Å². The van der Waals surface area contributed by atoms with Crippen LogP contribution < -0.4 is 5.32 Å². The Kier molecular flexibility index (Phi) is 3.69. The number of rotatable bonds is 1. The second-order valence-corrected chi connectivity index (χ2v) is 9.11. The first kappa shape index (κ1) is 12.3. The molecule has 5 heteroatoms. The molecule has 0 bridgehead atoms. The molecule has 0 fully saturated rings. The lowest BCUT2D eigenvalue weighted by Gasteiger charge is -2.03. The van der Waals surface area contributed by atoms with Crippen molar-refractivity contribution >= 4 is 20.0 Å². The summed E-state index contributed by atoms with van der Waals surface area (Å²) in [6, 6.07) is 3.35. The van der Waals surface area contributed by atoms with E-state index in [-0.39, 0.29) is 0 Å². The average molecular weight is 234 g/mol. The molecule has 1 amide bonds. The maximum absolute atomic E-state index is 10.3. The lowest BCUT2D eigenvalue weighted by molar-refractivity contribution is 0.209. The Hall–Kier alpha value is -1.80. The van der Waals surface area contributed by atoms with Gasteiger partial charge in [-0.1, -0.05) is 25.6 Å². The zero-order chi connectivity index (χ0) is 12.2. The maximum Gasteiger partial charge on any atom is 0.410 e. The number of carboxylic acid groups (broad SMARTS) is 1. The van der Waals surface area contributed by atoms with E-state index < -0.39 is 14.2 Å². The number of anilines is 1. The molecule has 0 aliphatic carbocycles. The van der Waals surface area contributed by atoms with E-state index in [1.165, 1.54) is 0 Å². The molecule has 1 aromatic heterocycles. The van der Waals surface area contributed by atoms with E-state index in [4.69, 9.17) is 5.11 Å². The van der Waals surface area contributed by atoms with E-state index >= 15 is 0 Å². The summed E-state index contributed by atoms with van der Waals surface area (Å²) in [7, 11) is -1.38. The summed E-state index contributed by atoms with van der Waals surface area (Å²) in [6.07, 6.45) is 0.451. The summed E-state index contributed by atoms with van der Waals surface area (Å²) in [5, 5.41) is 10.6. The summed E-state index contributed by atoms with van der Waals surface area (Å²) in [6.45, 7) is 6.48. The summed E-state index contributed by atoms with van der Waals surface area (Å²) in [5.41, 5.74) is 4.01. The molecule has 4 nitrogen and oxygen atoms in total. The Morgan fingerprint density at radius 1 is 1.44 bits per heavy atom. The SMILES string of the molecule is C[Si](C)(C)C#Cc1ccc(NC(=O)O)nc1. The fourth-order valence-corrected chi connectivity index (χ4v) is 1.43. The van der Waals surface area contributed by atoms with Crippen LogP contribution in [0, 0.1) is 11.5 Å². The Balaban J connectivity index is 2.78. The second-order valence-electron chi connectivity index (χ2n) is 4.36. The molecule has 0 unspecified atom stereocenters. The lowest BCUT2D eigenvalue weighted by Crippen LogP contribution is -2.16. The monoisotopic (exact) mass is 234 g/mol. The zero-order valence-electron chi connectivity index (χ0n) is 9.53. The maximum atomic E-state index is 10.3. The molecular weight excluding hydrogens is 220 g/mol. The molecule has 0 aliphatic rings. The Morgan fingerprint density at radius 3 is 2.56 bits per heavy atom. The summed E-state index contributed by atoms with van der Waals surface area (Å²) >= 11 is 0. The van der Waals surface area contributed by atoms with Crippen LogP contribution in [0.25, 0.3) is 0 Å². The molecular formula is C11H14N2O2Si. The number of nitrogens with zero attached hydrogens (tertiary/aromatic N) is 1. The van der Waals surface area contributed by atoms with Crippen molar-refractivity contribution < 1.29 is 9.90 Å². The smallest absolute Gasteiger partial charge is 0.410 e. The molecule has 2 N–H and O–H groups in total. The summed E-state index contributed by atoms with van der Waals surface area (Å²) < 4.78 is 0. The Labute approximate surface area is 95.7 Å². The quantitative estimate of drug-likeness (QED) is 0.579. The van der Waals surface area contributed by atoms with Gasteiger partial charge in [-0.15, -0.1) is 5.54 Å². The van der Waals surface area contributed by atoms with Crippen LogP contribution in [0.5, 0.6) is 0 Å². The molecule has 1 heterocycles. The van der Waals surface area contributed by atoms with Gasteiger partial charge in [-0.2, -0.15) is 0 Å². The van der Waals surface area contributed by atoms with Crippen LogP contribution >= 0.6 is 0 Å². The minimum Gasteiger partial charge on any atom is -0.465 e.